The van der Waals surface area contributed by atoms with Gasteiger partial charge in [-0.15, -0.1) is 0 Å². The molecule has 0 radical (unpaired) electrons. The van der Waals surface area contributed by atoms with Crippen LogP contribution in [-0.2, 0) is 59.2 Å². The van der Waals surface area contributed by atoms with Gasteiger partial charge < -0.3 is 78.7 Å². The number of hydrogen-bond acceptors (Lipinski definition) is 18. The molecular weight excluding hydrogens is 1200 g/mol. The number of aliphatic hydroxyl groups excluding tert-OH is 1. The Balaban J connectivity index is 0.000000569. The van der Waals surface area contributed by atoms with Crippen LogP contribution in [0.15, 0.2) is 71.1 Å². The van der Waals surface area contributed by atoms with Crippen LogP contribution < -0.4 is 59.2 Å². The van der Waals surface area contributed by atoms with Crippen molar-refractivity contribution in [2.45, 2.75) is 140 Å². The Bertz CT molecular complexity index is 3140. The van der Waals surface area contributed by atoms with Crippen molar-refractivity contribution < 1.29 is 76.5 Å². The Labute approximate surface area is 521 Å². The molecule has 0 bridgehead atoms. The minimum Gasteiger partial charge on any atom is -0.494 e. The van der Waals surface area contributed by atoms with Gasteiger partial charge in [-0.1, -0.05) is 60.1 Å². The molecule has 1 unspecified atom stereocenters. The van der Waals surface area contributed by atoms with Crippen LogP contribution in [-0.4, -0.2) is 171 Å². The number of aliphatic carboxylic acids is 1. The Hall–Kier alpha value is -8.35. The molecule has 0 aliphatic carbocycles. The molecule has 0 saturated carbocycles. The smallest absolute Gasteiger partial charge is 0.310 e. The monoisotopic (exact) mass is 1280 g/mol. The van der Waals surface area contributed by atoms with Gasteiger partial charge in [0.1, 0.15) is 59.4 Å². The molecule has 2 saturated heterocycles. The Morgan fingerprint density at radius 2 is 1.52 bits per heavy atom. The van der Waals surface area contributed by atoms with Gasteiger partial charge in [-0.3, -0.25) is 52.7 Å². The lowest BCUT2D eigenvalue weighted by molar-refractivity contribution is -0.142. The van der Waals surface area contributed by atoms with Crippen molar-refractivity contribution in [1.82, 2.24) is 47.1 Å². The summed E-state index contributed by atoms with van der Waals surface area (Å²) >= 11 is 0. The topological polar surface area (TPSA) is 429 Å². The van der Waals surface area contributed by atoms with E-state index in [1.54, 1.807) is 75.4 Å². The molecule has 15 N–H and O–H groups in total. The summed E-state index contributed by atoms with van der Waals surface area (Å²) in [5.74, 6) is -9.52. The highest BCUT2D eigenvalue weighted by molar-refractivity contribution is 8.76. The first-order valence-corrected chi connectivity index (χ1v) is 31.5. The van der Waals surface area contributed by atoms with Gasteiger partial charge in [0.05, 0.1) is 31.6 Å². The number of hydrogen-bond donors (Lipinski definition) is 12. The lowest BCUT2D eigenvalue weighted by Gasteiger charge is -2.31. The van der Waals surface area contributed by atoms with Gasteiger partial charge in [-0.2, -0.15) is 0 Å². The second kappa shape index (κ2) is 35.0. The molecule has 2 fully saturated rings. The van der Waals surface area contributed by atoms with Gasteiger partial charge >= 0.3 is 5.97 Å². The van der Waals surface area contributed by atoms with E-state index in [4.69, 9.17) is 31.5 Å². The van der Waals surface area contributed by atoms with Gasteiger partial charge in [0, 0.05) is 36.5 Å². The van der Waals surface area contributed by atoms with Crippen LogP contribution in [0.5, 0.6) is 5.75 Å². The number of benzene rings is 3. The van der Waals surface area contributed by atoms with E-state index in [-0.39, 0.29) is 56.1 Å². The highest BCUT2D eigenvalue weighted by Crippen LogP contribution is 2.29. The number of carboxylic acid groups (broad SMARTS) is 1. The highest BCUT2D eigenvalue weighted by atomic mass is 33.1. The van der Waals surface area contributed by atoms with E-state index in [1.165, 1.54) is 34.8 Å². The second-order valence-electron chi connectivity index (χ2n) is 21.3. The van der Waals surface area contributed by atoms with Gasteiger partial charge in [0.2, 0.25) is 65.0 Å². The lowest BCUT2D eigenvalue weighted by atomic mass is 9.96. The summed E-state index contributed by atoms with van der Waals surface area (Å²) < 4.78 is 24.1. The van der Waals surface area contributed by atoms with Gasteiger partial charge in [0.15, 0.2) is 5.58 Å². The van der Waals surface area contributed by atoms with E-state index in [0.717, 1.165) is 10.8 Å². The first-order valence-electron chi connectivity index (χ1n) is 29.0. The maximum atomic E-state index is 14.4. The van der Waals surface area contributed by atoms with E-state index in [0.29, 0.717) is 65.3 Å². The number of amides is 10. The van der Waals surface area contributed by atoms with E-state index in [1.807, 2.05) is 6.92 Å². The van der Waals surface area contributed by atoms with E-state index in [9.17, 15) is 62.2 Å². The van der Waals surface area contributed by atoms with Crippen LogP contribution in [0.2, 0.25) is 0 Å². The van der Waals surface area contributed by atoms with E-state index in [2.05, 4.69) is 42.2 Å². The molecule has 3 heterocycles. The maximum Gasteiger partial charge on any atom is 0.310 e. The van der Waals surface area contributed by atoms with Crippen molar-refractivity contribution in [3.63, 3.8) is 0 Å². The van der Waals surface area contributed by atoms with E-state index < -0.39 is 138 Å². The van der Waals surface area contributed by atoms with Gasteiger partial charge in [0.25, 0.3) is 0 Å². The number of aromatic nitrogens is 1. The molecule has 2 aliphatic rings. The molecule has 3 aromatic carbocycles. The first kappa shape index (κ1) is 71.4. The SMILES string of the molecule is CC(C(=O)O)c1ccc2oc(-c3ccc(F)cc3)nc2c1.CCOc1ccc(C[C@H]2NC(=O)CCSSC[C@@H](C(=O)N3CCC[C@H]3C(=O)N[C@@H](CCCN)C(=O)NCC(N)=O)NC(=O)[C@H](CC(N)=O)NC(=O)[C@H]([C@@H](C)O)NC(=O)[C@H]([C@@H](C)CC)NC2=O)cc1. The Kier molecular flexibility index (Phi) is 28.1. The van der Waals surface area contributed by atoms with Crippen LogP contribution >= 0.6 is 21.6 Å². The summed E-state index contributed by atoms with van der Waals surface area (Å²) in [5.41, 5.74) is 19.5. The zero-order valence-corrected chi connectivity index (χ0v) is 51.7. The van der Waals surface area contributed by atoms with Crippen LogP contribution in [0.1, 0.15) is 96.6 Å². The van der Waals surface area contributed by atoms with Crippen molar-refractivity contribution in [2.75, 3.05) is 37.7 Å². The predicted molar refractivity (Wildman–Crippen MR) is 328 cm³/mol. The number of rotatable bonds is 21. The standard InChI is InChI=1S/C43H67N11O12S2.C16H12FNO3/c1-5-23(3)35-41(63)53-36(24(4)55)42(64)50-29(20-32(45)56)38(60)51-30(43(65)54-17-8-10-31(54)40(62)49-27(9-7-16-44)37(59)47-21-33(46)57)22-68-67-18-15-34(58)48-28(39(61)52-35)19-25-11-13-26(14-12-25)66-6-2;1-9(16(19)20)11-4-7-14-13(8-11)18-15(21-14)10-2-5-12(17)6-3-10/h11-14,23-24,27-31,35-36,55H,5-10,15-22,44H2,1-4H3,(H2,45,56)(H2,46,57)(H,47,59)(H,48,58)(H,49,62)(H,50,64)(H,51,60)(H,52,61)(H,53,63);2-9H,1H3,(H,19,20)/t23-,24+,27-,28+,29-,30-,31-,35-,36-;/m0./s1. The number of carbonyl (C=O) groups is 11. The number of nitrogens with zero attached hydrogens (tertiary/aromatic N) is 2. The molecule has 10 amide bonds. The second-order valence-corrected chi connectivity index (χ2v) is 24.0. The fourth-order valence-electron chi connectivity index (χ4n) is 9.36. The number of oxazole rings is 1. The fraction of sp³-hybridized carbons (Fsp3) is 0.492. The number of carbonyl (C=O) groups excluding carboxylic acids is 10. The number of likely N-dealkylation sites (tertiary alicyclic amines) is 1. The maximum absolute atomic E-state index is 14.4. The zero-order valence-electron chi connectivity index (χ0n) is 50.0. The highest BCUT2D eigenvalue weighted by Gasteiger charge is 2.41. The number of primary amides is 2. The molecule has 6 rings (SSSR count). The summed E-state index contributed by atoms with van der Waals surface area (Å²) in [6.07, 6.45) is -1.05. The molecular formula is C59H79FN12O15S2. The number of nitrogens with one attached hydrogen (secondary N) is 7. The van der Waals surface area contributed by atoms with Gasteiger partial charge in [-0.25, -0.2) is 9.37 Å². The Morgan fingerprint density at radius 1 is 0.843 bits per heavy atom. The average molecular weight is 1280 g/mol. The van der Waals surface area contributed by atoms with Crippen LogP contribution in [0.25, 0.3) is 22.6 Å². The minimum absolute atomic E-state index is 0.0243. The lowest BCUT2D eigenvalue weighted by Crippen LogP contribution is -2.63. The molecule has 10 atom stereocenters. The average Bonchev–Trinajstić information content (AvgIpc) is 2.10. The normalized spacial score (nSPS) is 21.1. The van der Waals surface area contributed by atoms with Crippen LogP contribution in [0.4, 0.5) is 4.39 Å². The molecule has 4 aromatic rings. The zero-order chi connectivity index (χ0) is 65.5. The van der Waals surface area contributed by atoms with Crippen molar-refractivity contribution in [3.8, 4) is 17.2 Å². The largest absolute Gasteiger partial charge is 0.494 e. The number of ether oxygens (including phenoxy) is 1. The molecule has 30 heteroatoms. The number of nitrogens with two attached hydrogens (primary N) is 3. The molecule has 2 aliphatic heterocycles. The predicted octanol–water partition coefficient (Wildman–Crippen LogP) is 0.777. The quantitative estimate of drug-likeness (QED) is 0.0513. The number of halogens is 1. The number of carboxylic acids is 1. The molecule has 484 valence electrons. The molecule has 89 heavy (non-hydrogen) atoms. The van der Waals surface area contributed by atoms with E-state index >= 15 is 0 Å². The Morgan fingerprint density at radius 3 is 2.15 bits per heavy atom. The third kappa shape index (κ3) is 21.7. The van der Waals surface area contributed by atoms with Crippen LogP contribution in [0, 0.1) is 11.7 Å². The number of aliphatic hydroxyl groups is 1. The summed E-state index contributed by atoms with van der Waals surface area (Å²) in [5, 5.41) is 37.7. The van der Waals surface area contributed by atoms with Crippen molar-refractivity contribution in [3.05, 3.63) is 83.7 Å². The number of fused-ring (bicyclic) bond motifs is 1. The molecule has 0 spiro atoms. The first-order chi connectivity index (χ1) is 42.3. The van der Waals surface area contributed by atoms with Crippen molar-refractivity contribution >= 4 is 97.7 Å². The molecule has 1 aromatic heterocycles. The summed E-state index contributed by atoms with van der Waals surface area (Å²) in [6, 6.07) is 8.33. The molecule has 27 nitrogen and oxygen atoms in total. The third-order valence-corrected chi connectivity index (χ3v) is 17.0. The van der Waals surface area contributed by atoms with Crippen molar-refractivity contribution in [1.29, 1.82) is 0 Å². The summed E-state index contributed by atoms with van der Waals surface area (Å²) in [6.45, 7) is 8.34. The minimum atomic E-state index is -1.74. The van der Waals surface area contributed by atoms with Gasteiger partial charge in [-0.05, 0) is 119 Å². The summed E-state index contributed by atoms with van der Waals surface area (Å²) in [4.78, 5) is 151. The van der Waals surface area contributed by atoms with Crippen molar-refractivity contribution in [2.24, 2.45) is 23.1 Å². The summed E-state index contributed by atoms with van der Waals surface area (Å²) in [7, 11) is 2.27. The fourth-order valence-corrected chi connectivity index (χ4v) is 11.5. The van der Waals surface area contributed by atoms with Crippen LogP contribution in [0.3, 0.4) is 0 Å². The third-order valence-electron chi connectivity index (χ3n) is 14.5.